The Morgan fingerprint density at radius 1 is 1.20 bits per heavy atom. The van der Waals surface area contributed by atoms with Gasteiger partial charge in [0, 0.05) is 16.0 Å². The van der Waals surface area contributed by atoms with E-state index in [1.54, 1.807) is 17.7 Å². The number of fused-ring (bicyclic) bond motifs is 3. The van der Waals surface area contributed by atoms with Crippen molar-refractivity contribution in [3.05, 3.63) is 47.1 Å². The normalized spacial score (nSPS) is 14.9. The first-order valence-electron chi connectivity index (χ1n) is 8.50. The molecule has 1 unspecified atom stereocenters. The average molecular weight is 370 g/mol. The highest BCUT2D eigenvalue weighted by atomic mass is 32.2. The highest BCUT2D eigenvalue weighted by molar-refractivity contribution is 8.00. The Balaban J connectivity index is 1.58. The molecule has 1 aliphatic carbocycles. The van der Waals surface area contributed by atoms with Gasteiger partial charge in [0.05, 0.1) is 5.25 Å². The Labute approximate surface area is 155 Å². The highest BCUT2D eigenvalue weighted by Crippen LogP contribution is 2.40. The van der Waals surface area contributed by atoms with Gasteiger partial charge in [0.25, 0.3) is 0 Å². The van der Waals surface area contributed by atoms with Gasteiger partial charge < -0.3 is 5.32 Å². The number of thiophene rings is 1. The molecular weight excluding hydrogens is 350 g/mol. The van der Waals surface area contributed by atoms with Crippen molar-refractivity contribution in [2.24, 2.45) is 0 Å². The number of nitrogens with one attached hydrogen (secondary N) is 1. The summed E-state index contributed by atoms with van der Waals surface area (Å²) in [6.45, 7) is 1.93. The number of carbonyl (C=O) groups is 1. The minimum atomic E-state index is -0.225. The van der Waals surface area contributed by atoms with Crippen LogP contribution in [0.4, 0.5) is 5.69 Å². The smallest absolute Gasteiger partial charge is 0.237 e. The van der Waals surface area contributed by atoms with Gasteiger partial charge in [-0.2, -0.15) is 0 Å². The van der Waals surface area contributed by atoms with Gasteiger partial charge in [0.2, 0.25) is 5.91 Å². The van der Waals surface area contributed by atoms with Crippen LogP contribution in [0.15, 0.2) is 41.7 Å². The lowest BCUT2D eigenvalue weighted by Crippen LogP contribution is -2.22. The summed E-state index contributed by atoms with van der Waals surface area (Å²) in [5, 5.41) is 4.84. The molecule has 1 atom stereocenters. The van der Waals surface area contributed by atoms with Crippen LogP contribution in [-0.4, -0.2) is 21.1 Å². The van der Waals surface area contributed by atoms with Crippen LogP contribution in [0, 0.1) is 0 Å². The predicted octanol–water partition coefficient (Wildman–Crippen LogP) is 4.69. The van der Waals surface area contributed by atoms with Crippen LogP contribution < -0.4 is 5.32 Å². The molecule has 2 aromatic heterocycles. The molecule has 6 heteroatoms. The van der Waals surface area contributed by atoms with Crippen molar-refractivity contribution in [1.82, 2.24) is 9.97 Å². The molecule has 2 heterocycles. The van der Waals surface area contributed by atoms with Gasteiger partial charge in [-0.3, -0.25) is 4.79 Å². The second-order valence-electron chi connectivity index (χ2n) is 6.19. The van der Waals surface area contributed by atoms with Gasteiger partial charge in [-0.25, -0.2) is 9.97 Å². The first-order chi connectivity index (χ1) is 12.2. The molecule has 1 aliphatic rings. The Bertz CT molecular complexity index is 908. The van der Waals surface area contributed by atoms with Crippen molar-refractivity contribution in [3.8, 4) is 0 Å². The van der Waals surface area contributed by atoms with E-state index in [1.807, 2.05) is 37.3 Å². The third kappa shape index (κ3) is 3.41. The number of aryl methyl sites for hydroxylation is 2. The number of carbonyl (C=O) groups excluding carboxylic acids is 1. The maximum atomic E-state index is 12.5. The number of aromatic nitrogens is 2. The van der Waals surface area contributed by atoms with E-state index in [0.717, 1.165) is 28.4 Å². The van der Waals surface area contributed by atoms with Gasteiger partial charge in [-0.15, -0.1) is 11.3 Å². The molecule has 1 aromatic carbocycles. The minimum Gasteiger partial charge on any atom is -0.325 e. The SMILES string of the molecule is CC(Sc1ncnc2sc3c(c12)CCCC3)C(=O)Nc1ccccc1. The number of thioether (sulfide) groups is 1. The Morgan fingerprint density at radius 2 is 2.00 bits per heavy atom. The fraction of sp³-hybridized carbons (Fsp3) is 0.316. The van der Waals surface area contributed by atoms with E-state index in [0.29, 0.717) is 0 Å². The molecule has 1 N–H and O–H groups in total. The summed E-state index contributed by atoms with van der Waals surface area (Å²) < 4.78 is 0. The Kier molecular flexibility index (Phi) is 4.72. The van der Waals surface area contributed by atoms with E-state index in [2.05, 4.69) is 15.3 Å². The fourth-order valence-corrected chi connectivity index (χ4v) is 5.38. The summed E-state index contributed by atoms with van der Waals surface area (Å²) in [4.78, 5) is 24.0. The molecule has 0 spiro atoms. The number of hydrogen-bond acceptors (Lipinski definition) is 5. The van der Waals surface area contributed by atoms with E-state index in [4.69, 9.17) is 0 Å². The largest absolute Gasteiger partial charge is 0.325 e. The fourth-order valence-electron chi connectivity index (χ4n) is 3.14. The van der Waals surface area contributed by atoms with E-state index >= 15 is 0 Å². The van der Waals surface area contributed by atoms with E-state index < -0.39 is 0 Å². The summed E-state index contributed by atoms with van der Waals surface area (Å²) >= 11 is 3.31. The van der Waals surface area contributed by atoms with Crippen molar-refractivity contribution in [1.29, 1.82) is 0 Å². The number of hydrogen-bond donors (Lipinski definition) is 1. The van der Waals surface area contributed by atoms with Gasteiger partial charge in [0.1, 0.15) is 16.2 Å². The molecular formula is C19H19N3OS2. The molecule has 25 heavy (non-hydrogen) atoms. The highest BCUT2D eigenvalue weighted by Gasteiger charge is 2.23. The number of rotatable bonds is 4. The van der Waals surface area contributed by atoms with E-state index in [1.165, 1.54) is 40.4 Å². The summed E-state index contributed by atoms with van der Waals surface area (Å²) in [7, 11) is 0. The molecule has 1 amide bonds. The second-order valence-corrected chi connectivity index (χ2v) is 8.60. The van der Waals surface area contributed by atoms with Crippen LogP contribution in [-0.2, 0) is 17.6 Å². The molecule has 0 fully saturated rings. The summed E-state index contributed by atoms with van der Waals surface area (Å²) in [6, 6.07) is 9.56. The maximum Gasteiger partial charge on any atom is 0.237 e. The van der Waals surface area contributed by atoms with Crippen LogP contribution in [0.5, 0.6) is 0 Å². The average Bonchev–Trinajstić information content (AvgIpc) is 3.02. The van der Waals surface area contributed by atoms with Crippen LogP contribution in [0.25, 0.3) is 10.2 Å². The van der Waals surface area contributed by atoms with Gasteiger partial charge in [0.15, 0.2) is 0 Å². The van der Waals surface area contributed by atoms with Crippen molar-refractivity contribution >= 4 is 44.9 Å². The molecule has 3 aromatic rings. The summed E-state index contributed by atoms with van der Waals surface area (Å²) in [5.41, 5.74) is 2.23. The van der Waals surface area contributed by atoms with Gasteiger partial charge >= 0.3 is 0 Å². The number of benzene rings is 1. The minimum absolute atomic E-state index is 0.00735. The van der Waals surface area contributed by atoms with Crippen molar-refractivity contribution in [2.75, 3.05) is 5.32 Å². The van der Waals surface area contributed by atoms with Crippen molar-refractivity contribution in [3.63, 3.8) is 0 Å². The first-order valence-corrected chi connectivity index (χ1v) is 10.2. The molecule has 4 rings (SSSR count). The van der Waals surface area contributed by atoms with Crippen LogP contribution in [0.2, 0.25) is 0 Å². The number of para-hydroxylation sites is 1. The maximum absolute atomic E-state index is 12.5. The number of nitrogens with zero attached hydrogens (tertiary/aromatic N) is 2. The quantitative estimate of drug-likeness (QED) is 0.535. The lowest BCUT2D eigenvalue weighted by Gasteiger charge is -2.14. The summed E-state index contributed by atoms with van der Waals surface area (Å²) in [6.07, 6.45) is 6.34. The topological polar surface area (TPSA) is 54.9 Å². The Morgan fingerprint density at radius 3 is 2.84 bits per heavy atom. The number of anilines is 1. The van der Waals surface area contributed by atoms with Crippen LogP contribution in [0.1, 0.15) is 30.2 Å². The van der Waals surface area contributed by atoms with Crippen molar-refractivity contribution in [2.45, 2.75) is 42.9 Å². The molecule has 4 nitrogen and oxygen atoms in total. The number of amides is 1. The van der Waals surface area contributed by atoms with Crippen molar-refractivity contribution < 1.29 is 4.79 Å². The molecule has 0 saturated heterocycles. The molecule has 0 saturated carbocycles. The zero-order chi connectivity index (χ0) is 17.2. The Hall–Kier alpha value is -1.92. The predicted molar refractivity (Wildman–Crippen MR) is 104 cm³/mol. The van der Waals surface area contributed by atoms with Gasteiger partial charge in [-0.05, 0) is 50.3 Å². The lowest BCUT2D eigenvalue weighted by atomic mass is 9.97. The third-order valence-electron chi connectivity index (χ3n) is 4.42. The van der Waals surface area contributed by atoms with E-state index in [9.17, 15) is 4.79 Å². The molecule has 0 aliphatic heterocycles. The third-order valence-corrected chi connectivity index (χ3v) is 6.72. The molecule has 128 valence electrons. The molecule has 0 radical (unpaired) electrons. The first kappa shape index (κ1) is 16.5. The zero-order valence-corrected chi connectivity index (χ0v) is 15.6. The monoisotopic (exact) mass is 369 g/mol. The van der Waals surface area contributed by atoms with Crippen LogP contribution >= 0.6 is 23.1 Å². The van der Waals surface area contributed by atoms with E-state index in [-0.39, 0.29) is 11.2 Å². The second kappa shape index (κ2) is 7.14. The lowest BCUT2D eigenvalue weighted by molar-refractivity contribution is -0.115. The zero-order valence-electron chi connectivity index (χ0n) is 14.0. The summed E-state index contributed by atoms with van der Waals surface area (Å²) in [5.74, 6) is -0.00735. The molecule has 0 bridgehead atoms. The van der Waals surface area contributed by atoms with Crippen LogP contribution in [0.3, 0.4) is 0 Å². The standard InChI is InChI=1S/C19H19N3OS2/c1-12(17(23)22-13-7-3-2-4-8-13)24-18-16-14-9-5-6-10-15(14)25-19(16)21-11-20-18/h2-4,7-8,11-12H,5-6,9-10H2,1H3,(H,22,23). The van der Waals surface area contributed by atoms with Gasteiger partial charge in [-0.1, -0.05) is 30.0 Å².